The van der Waals surface area contributed by atoms with Crippen LogP contribution in [-0.2, 0) is 4.74 Å². The Bertz CT molecular complexity index is 1030. The number of ether oxygens (including phenoxy) is 3. The largest absolute Gasteiger partial charge is 0.494 e. The summed E-state index contributed by atoms with van der Waals surface area (Å²) in [5.41, 5.74) is 4.60. The van der Waals surface area contributed by atoms with Crippen molar-refractivity contribution in [3.8, 4) is 11.5 Å². The second-order valence-electron chi connectivity index (χ2n) is 7.61. The molecular formula is C25H30N2O3. The van der Waals surface area contributed by atoms with Crippen LogP contribution in [0.2, 0.25) is 0 Å². The van der Waals surface area contributed by atoms with Gasteiger partial charge in [-0.05, 0) is 60.4 Å². The van der Waals surface area contributed by atoms with Crippen LogP contribution in [0.4, 0.5) is 0 Å². The lowest BCUT2D eigenvalue weighted by atomic mass is 9.91. The van der Waals surface area contributed by atoms with Crippen molar-refractivity contribution in [2.75, 3.05) is 26.9 Å². The van der Waals surface area contributed by atoms with Crippen molar-refractivity contribution in [2.24, 2.45) is 0 Å². The summed E-state index contributed by atoms with van der Waals surface area (Å²) in [6, 6.07) is 12.5. The molecule has 30 heavy (non-hydrogen) atoms. The first kappa shape index (κ1) is 20.4. The summed E-state index contributed by atoms with van der Waals surface area (Å²) >= 11 is 0. The van der Waals surface area contributed by atoms with Crippen molar-refractivity contribution in [1.29, 1.82) is 0 Å². The van der Waals surface area contributed by atoms with Crippen molar-refractivity contribution in [2.45, 2.75) is 32.6 Å². The Morgan fingerprint density at radius 1 is 0.767 bits per heavy atom. The third-order valence-corrected chi connectivity index (χ3v) is 5.40. The van der Waals surface area contributed by atoms with Gasteiger partial charge in [-0.25, -0.2) is 0 Å². The Balaban J connectivity index is 1.77. The van der Waals surface area contributed by atoms with Crippen molar-refractivity contribution in [3.63, 3.8) is 0 Å². The molecular weight excluding hydrogens is 376 g/mol. The van der Waals surface area contributed by atoms with E-state index in [9.17, 15) is 0 Å². The van der Waals surface area contributed by atoms with E-state index in [0.29, 0.717) is 6.61 Å². The van der Waals surface area contributed by atoms with E-state index in [2.05, 4.69) is 60.5 Å². The van der Waals surface area contributed by atoms with E-state index >= 15 is 0 Å². The summed E-state index contributed by atoms with van der Waals surface area (Å²) < 4.78 is 17.4. The minimum Gasteiger partial charge on any atom is -0.494 e. The van der Waals surface area contributed by atoms with Crippen LogP contribution in [-0.4, -0.2) is 36.9 Å². The molecule has 4 aromatic rings. The predicted molar refractivity (Wildman–Crippen MR) is 122 cm³/mol. The maximum Gasteiger partial charge on any atom is 0.120 e. The summed E-state index contributed by atoms with van der Waals surface area (Å²) in [7, 11) is 1.75. The fourth-order valence-electron chi connectivity index (χ4n) is 3.95. The van der Waals surface area contributed by atoms with Gasteiger partial charge in [0.25, 0.3) is 0 Å². The Hall–Kier alpha value is -2.92. The number of nitrogens with one attached hydrogen (secondary N) is 2. The zero-order chi connectivity index (χ0) is 20.9. The van der Waals surface area contributed by atoms with Gasteiger partial charge in [-0.15, -0.1) is 0 Å². The number of hydrogen-bond donors (Lipinski definition) is 2. The van der Waals surface area contributed by atoms with Gasteiger partial charge in [0.2, 0.25) is 0 Å². The number of benzene rings is 2. The molecule has 0 aliphatic heterocycles. The van der Waals surface area contributed by atoms with Crippen molar-refractivity contribution < 1.29 is 14.2 Å². The van der Waals surface area contributed by atoms with Gasteiger partial charge < -0.3 is 24.2 Å². The lowest BCUT2D eigenvalue weighted by molar-refractivity contribution is 0.190. The molecule has 2 heterocycles. The zero-order valence-electron chi connectivity index (χ0n) is 18.0. The maximum absolute atomic E-state index is 5.87. The SMILES string of the molecule is CCCOc1ccc2[nH]cc(C(COC)c3c[nH]c4ccc(OCCC)cc34)c2c1. The summed E-state index contributed by atoms with van der Waals surface area (Å²) in [5.74, 6) is 1.88. The molecule has 2 aromatic carbocycles. The summed E-state index contributed by atoms with van der Waals surface area (Å²) in [4.78, 5) is 6.83. The lowest BCUT2D eigenvalue weighted by Crippen LogP contribution is -2.07. The fraction of sp³-hybridized carbons (Fsp3) is 0.360. The van der Waals surface area contributed by atoms with Gasteiger partial charge in [0.05, 0.1) is 19.8 Å². The molecule has 4 rings (SSSR count). The minimum absolute atomic E-state index is 0.0837. The molecule has 0 spiro atoms. The molecule has 0 saturated carbocycles. The van der Waals surface area contributed by atoms with Crippen LogP contribution in [0.3, 0.4) is 0 Å². The average molecular weight is 407 g/mol. The van der Waals surface area contributed by atoms with E-state index in [1.807, 2.05) is 12.1 Å². The van der Waals surface area contributed by atoms with Crippen LogP contribution in [0.5, 0.6) is 11.5 Å². The van der Waals surface area contributed by atoms with E-state index < -0.39 is 0 Å². The molecule has 5 nitrogen and oxygen atoms in total. The number of hydrogen-bond acceptors (Lipinski definition) is 3. The number of methoxy groups -OCH3 is 1. The van der Waals surface area contributed by atoms with Gasteiger partial charge in [0.15, 0.2) is 0 Å². The monoisotopic (exact) mass is 406 g/mol. The van der Waals surface area contributed by atoms with Gasteiger partial charge in [0.1, 0.15) is 11.5 Å². The van der Waals surface area contributed by atoms with Gasteiger partial charge >= 0.3 is 0 Å². The molecule has 0 aliphatic carbocycles. The highest BCUT2D eigenvalue weighted by Crippen LogP contribution is 2.37. The topological polar surface area (TPSA) is 59.3 Å². The Morgan fingerprint density at radius 2 is 1.27 bits per heavy atom. The van der Waals surface area contributed by atoms with E-state index in [-0.39, 0.29) is 5.92 Å². The quantitative estimate of drug-likeness (QED) is 0.339. The molecule has 5 heteroatoms. The molecule has 0 amide bonds. The summed E-state index contributed by atoms with van der Waals surface area (Å²) in [6.07, 6.45) is 6.16. The standard InChI is InChI=1S/C25H30N2O3/c1-4-10-29-17-6-8-24-19(12-17)21(14-26-24)23(16-28-3)22-15-27-25-9-7-18(13-20(22)25)30-11-5-2/h6-9,12-15,23,26-27H,4-5,10-11,16H2,1-3H3. The summed E-state index contributed by atoms with van der Waals surface area (Å²) in [6.45, 7) is 6.25. The third-order valence-electron chi connectivity index (χ3n) is 5.40. The van der Waals surface area contributed by atoms with Crippen molar-refractivity contribution in [3.05, 3.63) is 59.9 Å². The predicted octanol–water partition coefficient (Wildman–Crippen LogP) is 6.01. The molecule has 0 saturated heterocycles. The highest BCUT2D eigenvalue weighted by atomic mass is 16.5. The second-order valence-corrected chi connectivity index (χ2v) is 7.61. The number of aromatic amines is 2. The highest BCUT2D eigenvalue weighted by Gasteiger charge is 2.22. The van der Waals surface area contributed by atoms with E-state index in [4.69, 9.17) is 14.2 Å². The second kappa shape index (κ2) is 9.26. The van der Waals surface area contributed by atoms with Gasteiger partial charge in [0, 0.05) is 47.2 Å². The van der Waals surface area contributed by atoms with Crippen LogP contribution in [0.25, 0.3) is 21.8 Å². The first-order valence-electron chi connectivity index (χ1n) is 10.7. The molecule has 0 aliphatic rings. The molecule has 0 bridgehead atoms. The van der Waals surface area contributed by atoms with Crippen LogP contribution >= 0.6 is 0 Å². The van der Waals surface area contributed by atoms with Crippen LogP contribution in [0, 0.1) is 0 Å². The van der Waals surface area contributed by atoms with Gasteiger partial charge in [-0.1, -0.05) is 13.8 Å². The molecule has 0 radical (unpaired) electrons. The van der Waals surface area contributed by atoms with Crippen LogP contribution in [0.15, 0.2) is 48.8 Å². The molecule has 2 aromatic heterocycles. The maximum atomic E-state index is 5.87. The number of aromatic nitrogens is 2. The normalized spacial score (nSPS) is 11.6. The first-order chi connectivity index (χ1) is 14.7. The molecule has 0 unspecified atom stereocenters. The van der Waals surface area contributed by atoms with Gasteiger partial charge in [-0.2, -0.15) is 0 Å². The Kier molecular flexibility index (Phi) is 6.29. The zero-order valence-corrected chi connectivity index (χ0v) is 18.0. The van der Waals surface area contributed by atoms with Crippen LogP contribution < -0.4 is 9.47 Å². The Labute approximate surface area is 177 Å². The highest BCUT2D eigenvalue weighted by molar-refractivity contribution is 5.89. The summed E-state index contributed by atoms with van der Waals surface area (Å²) in [5, 5.41) is 2.33. The van der Waals surface area contributed by atoms with Gasteiger partial charge in [-0.3, -0.25) is 0 Å². The Morgan fingerprint density at radius 3 is 1.70 bits per heavy atom. The smallest absolute Gasteiger partial charge is 0.120 e. The molecule has 158 valence electrons. The van der Waals surface area contributed by atoms with Crippen molar-refractivity contribution in [1.82, 2.24) is 9.97 Å². The van der Waals surface area contributed by atoms with Crippen molar-refractivity contribution >= 4 is 21.8 Å². The van der Waals surface area contributed by atoms with E-state index in [0.717, 1.165) is 48.6 Å². The van der Waals surface area contributed by atoms with E-state index in [1.165, 1.54) is 21.9 Å². The minimum atomic E-state index is 0.0837. The fourth-order valence-corrected chi connectivity index (χ4v) is 3.95. The first-order valence-corrected chi connectivity index (χ1v) is 10.7. The number of fused-ring (bicyclic) bond motifs is 2. The lowest BCUT2D eigenvalue weighted by Gasteiger charge is -2.16. The van der Waals surface area contributed by atoms with E-state index in [1.54, 1.807) is 7.11 Å². The third kappa shape index (κ3) is 4.03. The molecule has 2 N–H and O–H groups in total. The van der Waals surface area contributed by atoms with Crippen LogP contribution in [0.1, 0.15) is 43.7 Å². The molecule has 0 fully saturated rings. The average Bonchev–Trinajstić information content (AvgIpc) is 3.38. The number of H-pyrrole nitrogens is 2. The molecule has 0 atom stereocenters. The number of rotatable bonds is 10.